The lowest BCUT2D eigenvalue weighted by Crippen LogP contribution is -2.44. The molecule has 3 aliphatic rings. The van der Waals surface area contributed by atoms with E-state index in [-0.39, 0.29) is 34.5 Å². The summed E-state index contributed by atoms with van der Waals surface area (Å²) in [6.45, 7) is 3.92. The number of hydrogen-bond acceptors (Lipinski definition) is 6. The maximum atomic E-state index is 13.2. The van der Waals surface area contributed by atoms with Crippen LogP contribution in [0.1, 0.15) is 44.1 Å². The normalized spacial score (nSPS) is 22.9. The Labute approximate surface area is 213 Å². The zero-order valence-electron chi connectivity index (χ0n) is 21.1. The van der Waals surface area contributed by atoms with E-state index < -0.39 is 0 Å². The van der Waals surface area contributed by atoms with Crippen LogP contribution in [-0.2, 0) is 11.3 Å². The number of nitro benzene ring substituents is 1. The Balaban J connectivity index is 1.38. The first kappa shape index (κ1) is 24.7. The molecule has 2 aromatic carbocycles. The van der Waals surface area contributed by atoms with Crippen LogP contribution in [0.3, 0.4) is 0 Å². The van der Waals surface area contributed by atoms with E-state index in [1.807, 2.05) is 24.3 Å². The summed E-state index contributed by atoms with van der Waals surface area (Å²) >= 11 is 0. The lowest BCUT2D eigenvalue weighted by molar-refractivity contribution is -0.384. The molecular formula is C28H37N5O3. The summed E-state index contributed by atoms with van der Waals surface area (Å²) < 4.78 is 0. The fourth-order valence-corrected chi connectivity index (χ4v) is 5.57. The maximum absolute atomic E-state index is 13.2. The molecule has 8 nitrogen and oxygen atoms in total. The van der Waals surface area contributed by atoms with Gasteiger partial charge in [0.15, 0.2) is 0 Å². The third-order valence-electron chi connectivity index (χ3n) is 8.02. The van der Waals surface area contributed by atoms with Crippen molar-refractivity contribution in [3.05, 3.63) is 58.1 Å². The van der Waals surface area contributed by atoms with E-state index in [0.717, 1.165) is 81.4 Å². The minimum absolute atomic E-state index is 0.145. The molecule has 3 fully saturated rings. The van der Waals surface area contributed by atoms with Crippen LogP contribution in [0, 0.1) is 16.0 Å². The van der Waals surface area contributed by atoms with Crippen molar-refractivity contribution in [2.45, 2.75) is 57.2 Å². The van der Waals surface area contributed by atoms with Gasteiger partial charge in [-0.15, -0.1) is 0 Å². The number of nitrogens with zero attached hydrogens (tertiary/aromatic N) is 4. The van der Waals surface area contributed by atoms with Gasteiger partial charge in [0.2, 0.25) is 5.91 Å². The lowest BCUT2D eigenvalue weighted by Gasteiger charge is -2.36. The second kappa shape index (κ2) is 10.6. The Kier molecular flexibility index (Phi) is 7.25. The summed E-state index contributed by atoms with van der Waals surface area (Å²) in [6.07, 6.45) is 5.82. The van der Waals surface area contributed by atoms with Gasteiger partial charge in [0, 0.05) is 56.8 Å². The van der Waals surface area contributed by atoms with E-state index in [9.17, 15) is 14.9 Å². The van der Waals surface area contributed by atoms with E-state index in [0.29, 0.717) is 12.2 Å². The predicted molar refractivity (Wildman–Crippen MR) is 142 cm³/mol. The standard InChI is InChI=1S/C28H37N5O3/c1-30-13-15-31(16-14-30)26-12-7-23(18-27(26)33(35)36)22-4-2-3-20(17-22)19-32(28(34)21-5-6-21)25-10-8-24(29)9-11-25/h2-4,7,12,17-18,21,24-25H,5-6,8-11,13-16,19,29H2,1H3. The number of nitrogens with two attached hydrogens (primary N) is 1. The summed E-state index contributed by atoms with van der Waals surface area (Å²) in [5.74, 6) is 0.446. The molecule has 0 bridgehead atoms. The molecule has 0 spiro atoms. The number of piperazine rings is 1. The highest BCUT2D eigenvalue weighted by Crippen LogP contribution is 2.36. The highest BCUT2D eigenvalue weighted by atomic mass is 16.6. The molecule has 0 atom stereocenters. The smallest absolute Gasteiger partial charge is 0.293 e. The van der Waals surface area contributed by atoms with Crippen LogP contribution in [0.5, 0.6) is 0 Å². The van der Waals surface area contributed by atoms with Gasteiger partial charge in [-0.3, -0.25) is 14.9 Å². The number of nitro groups is 1. The lowest BCUT2D eigenvalue weighted by atomic mass is 9.90. The van der Waals surface area contributed by atoms with Crippen LogP contribution < -0.4 is 10.6 Å². The molecule has 0 aromatic heterocycles. The topological polar surface area (TPSA) is 96.0 Å². The number of likely N-dealkylation sites (N-methyl/N-ethyl adjacent to an activating group) is 1. The molecule has 2 aromatic rings. The predicted octanol–water partition coefficient (Wildman–Crippen LogP) is 4.02. The van der Waals surface area contributed by atoms with E-state index in [2.05, 4.69) is 33.9 Å². The molecule has 8 heteroatoms. The van der Waals surface area contributed by atoms with E-state index in [1.165, 1.54) is 0 Å². The van der Waals surface area contributed by atoms with Gasteiger partial charge in [0.05, 0.1) is 4.92 Å². The van der Waals surface area contributed by atoms with Crippen LogP contribution in [0.2, 0.25) is 0 Å². The van der Waals surface area contributed by atoms with Gasteiger partial charge in [-0.2, -0.15) is 0 Å². The molecule has 2 N–H and O–H groups in total. The van der Waals surface area contributed by atoms with Crippen molar-refractivity contribution in [1.82, 2.24) is 9.80 Å². The van der Waals surface area contributed by atoms with Crippen LogP contribution >= 0.6 is 0 Å². The molecule has 1 saturated heterocycles. The van der Waals surface area contributed by atoms with Gasteiger partial charge in [-0.05, 0) is 74.4 Å². The zero-order chi connectivity index (χ0) is 25.2. The van der Waals surface area contributed by atoms with Crippen molar-refractivity contribution in [2.24, 2.45) is 11.7 Å². The molecule has 1 amide bonds. The summed E-state index contributed by atoms with van der Waals surface area (Å²) in [5, 5.41) is 12.0. The molecule has 0 unspecified atom stereocenters. The van der Waals surface area contributed by atoms with Crippen LogP contribution in [0.4, 0.5) is 11.4 Å². The van der Waals surface area contributed by atoms with Crippen LogP contribution in [0.15, 0.2) is 42.5 Å². The van der Waals surface area contributed by atoms with Crippen molar-refractivity contribution in [3.8, 4) is 11.1 Å². The van der Waals surface area contributed by atoms with Gasteiger partial charge in [0.1, 0.15) is 5.69 Å². The molecule has 2 aliphatic carbocycles. The molecule has 5 rings (SSSR count). The van der Waals surface area contributed by atoms with Gasteiger partial charge >= 0.3 is 0 Å². The average molecular weight is 492 g/mol. The monoisotopic (exact) mass is 491 g/mol. The number of benzene rings is 2. The van der Waals surface area contributed by atoms with E-state index >= 15 is 0 Å². The second-order valence-electron chi connectivity index (χ2n) is 10.8. The number of carbonyl (C=O) groups excluding carboxylic acids is 1. The minimum atomic E-state index is -0.273. The Morgan fingerprint density at radius 2 is 1.69 bits per heavy atom. The van der Waals surface area contributed by atoms with Crippen LogP contribution in [-0.4, -0.2) is 65.9 Å². The first-order valence-corrected chi connectivity index (χ1v) is 13.3. The molecular weight excluding hydrogens is 454 g/mol. The van der Waals surface area contributed by atoms with Crippen LogP contribution in [0.25, 0.3) is 11.1 Å². The fraction of sp³-hybridized carbons (Fsp3) is 0.536. The Hall–Kier alpha value is -2.97. The van der Waals surface area contributed by atoms with E-state index in [1.54, 1.807) is 6.07 Å². The van der Waals surface area contributed by atoms with Crippen molar-refractivity contribution in [3.63, 3.8) is 0 Å². The number of hydrogen-bond donors (Lipinski definition) is 1. The molecule has 1 heterocycles. The van der Waals surface area contributed by atoms with Crippen molar-refractivity contribution < 1.29 is 9.72 Å². The van der Waals surface area contributed by atoms with Crippen molar-refractivity contribution in [1.29, 1.82) is 0 Å². The number of rotatable bonds is 7. The molecule has 192 valence electrons. The van der Waals surface area contributed by atoms with Crippen molar-refractivity contribution >= 4 is 17.3 Å². The molecule has 1 aliphatic heterocycles. The Bertz CT molecular complexity index is 1100. The van der Waals surface area contributed by atoms with Gasteiger partial charge < -0.3 is 20.4 Å². The Morgan fingerprint density at radius 1 is 1.00 bits per heavy atom. The van der Waals surface area contributed by atoms with Gasteiger partial charge in [0.25, 0.3) is 5.69 Å². The fourth-order valence-electron chi connectivity index (χ4n) is 5.57. The van der Waals surface area contributed by atoms with Gasteiger partial charge in [-0.25, -0.2) is 0 Å². The summed E-state index contributed by atoms with van der Waals surface area (Å²) in [4.78, 5) is 31.3. The average Bonchev–Trinajstić information content (AvgIpc) is 3.74. The van der Waals surface area contributed by atoms with Crippen molar-refractivity contribution in [2.75, 3.05) is 38.1 Å². The number of anilines is 1. The van der Waals surface area contributed by atoms with E-state index in [4.69, 9.17) is 5.73 Å². The molecule has 0 radical (unpaired) electrons. The minimum Gasteiger partial charge on any atom is -0.363 e. The summed E-state index contributed by atoms with van der Waals surface area (Å²) in [7, 11) is 2.07. The zero-order valence-corrected chi connectivity index (χ0v) is 21.1. The highest BCUT2D eigenvalue weighted by Gasteiger charge is 2.37. The Morgan fingerprint density at radius 3 is 2.36 bits per heavy atom. The first-order chi connectivity index (χ1) is 17.4. The number of carbonyl (C=O) groups is 1. The second-order valence-corrected chi connectivity index (χ2v) is 10.8. The number of amides is 1. The third kappa shape index (κ3) is 5.55. The highest BCUT2D eigenvalue weighted by molar-refractivity contribution is 5.81. The summed E-state index contributed by atoms with van der Waals surface area (Å²) in [5.41, 5.74) is 9.77. The summed E-state index contributed by atoms with van der Waals surface area (Å²) in [6, 6.07) is 14.2. The van der Waals surface area contributed by atoms with Gasteiger partial charge in [-0.1, -0.05) is 24.3 Å². The first-order valence-electron chi connectivity index (χ1n) is 13.3. The third-order valence-corrected chi connectivity index (χ3v) is 8.02. The quantitative estimate of drug-likeness (QED) is 0.464. The largest absolute Gasteiger partial charge is 0.363 e. The molecule has 2 saturated carbocycles. The maximum Gasteiger partial charge on any atom is 0.293 e. The SMILES string of the molecule is CN1CCN(c2ccc(-c3cccc(CN(C(=O)C4CC4)C4CCC(N)CC4)c3)cc2[N+](=O)[O-])CC1. The molecule has 36 heavy (non-hydrogen) atoms.